The van der Waals surface area contributed by atoms with Crippen LogP contribution in [0.3, 0.4) is 0 Å². The normalized spacial score (nSPS) is 11.6. The minimum Gasteiger partial charge on any atom is -0.303 e. The van der Waals surface area contributed by atoms with Crippen LogP contribution in [0.25, 0.3) is 0 Å². The standard InChI is InChI=1S/C11H16OS/c1-4-9-5-6-10(13-9)7-11(2,3)8-12/h5-6,8H,4,7H2,1-3H3. The van der Waals surface area contributed by atoms with E-state index in [2.05, 4.69) is 19.1 Å². The van der Waals surface area contributed by atoms with E-state index in [-0.39, 0.29) is 5.41 Å². The van der Waals surface area contributed by atoms with Crippen molar-refractivity contribution in [2.45, 2.75) is 33.6 Å². The molecule has 1 rings (SSSR count). The molecule has 0 amide bonds. The Bertz CT molecular complexity index is 286. The smallest absolute Gasteiger partial charge is 0.125 e. The molecule has 13 heavy (non-hydrogen) atoms. The number of carbonyl (C=O) groups is 1. The van der Waals surface area contributed by atoms with Gasteiger partial charge in [0.15, 0.2) is 0 Å². The Hall–Kier alpha value is -0.630. The topological polar surface area (TPSA) is 17.1 Å². The second-order valence-corrected chi connectivity index (χ2v) is 5.26. The zero-order chi connectivity index (χ0) is 9.90. The fourth-order valence-corrected chi connectivity index (χ4v) is 2.40. The van der Waals surface area contributed by atoms with Gasteiger partial charge in [-0.3, -0.25) is 0 Å². The molecule has 0 unspecified atom stereocenters. The Kier molecular flexibility index (Phi) is 3.26. The molecule has 1 aromatic heterocycles. The third kappa shape index (κ3) is 2.96. The summed E-state index contributed by atoms with van der Waals surface area (Å²) < 4.78 is 0. The zero-order valence-corrected chi connectivity index (χ0v) is 9.28. The summed E-state index contributed by atoms with van der Waals surface area (Å²) in [4.78, 5) is 13.4. The number of carbonyl (C=O) groups excluding carboxylic acids is 1. The van der Waals surface area contributed by atoms with Gasteiger partial charge >= 0.3 is 0 Å². The maximum Gasteiger partial charge on any atom is 0.125 e. The molecule has 0 spiro atoms. The molecule has 0 atom stereocenters. The molecular weight excluding hydrogens is 180 g/mol. The van der Waals surface area contributed by atoms with Crippen molar-refractivity contribution >= 4 is 17.6 Å². The number of aldehydes is 1. The van der Waals surface area contributed by atoms with Crippen LogP contribution in [0.4, 0.5) is 0 Å². The van der Waals surface area contributed by atoms with Crippen LogP contribution in [-0.4, -0.2) is 6.29 Å². The molecule has 1 aromatic rings. The van der Waals surface area contributed by atoms with Crippen molar-refractivity contribution in [2.75, 3.05) is 0 Å². The van der Waals surface area contributed by atoms with Crippen LogP contribution >= 0.6 is 11.3 Å². The van der Waals surface area contributed by atoms with E-state index in [0.29, 0.717) is 0 Å². The molecule has 0 saturated heterocycles. The summed E-state index contributed by atoms with van der Waals surface area (Å²) in [5.41, 5.74) is -0.212. The molecule has 0 bridgehead atoms. The molecule has 0 aromatic carbocycles. The highest BCUT2D eigenvalue weighted by Gasteiger charge is 2.17. The summed E-state index contributed by atoms with van der Waals surface area (Å²) in [6, 6.07) is 4.29. The van der Waals surface area contributed by atoms with E-state index < -0.39 is 0 Å². The lowest BCUT2D eigenvalue weighted by molar-refractivity contribution is -0.114. The molecule has 0 aliphatic rings. The van der Waals surface area contributed by atoms with Gasteiger partial charge in [0.05, 0.1) is 0 Å². The van der Waals surface area contributed by atoms with E-state index >= 15 is 0 Å². The lowest BCUT2D eigenvalue weighted by Gasteiger charge is -2.14. The quantitative estimate of drug-likeness (QED) is 0.676. The van der Waals surface area contributed by atoms with Gasteiger partial charge in [-0.1, -0.05) is 20.8 Å². The van der Waals surface area contributed by atoms with Crippen LogP contribution in [-0.2, 0) is 17.6 Å². The molecule has 0 fully saturated rings. The largest absolute Gasteiger partial charge is 0.303 e. The first-order valence-corrected chi connectivity index (χ1v) is 5.43. The lowest BCUT2D eigenvalue weighted by atomic mass is 9.91. The van der Waals surface area contributed by atoms with Gasteiger partial charge in [-0.15, -0.1) is 11.3 Å². The fourth-order valence-electron chi connectivity index (χ4n) is 1.20. The lowest BCUT2D eigenvalue weighted by Crippen LogP contribution is -2.15. The average molecular weight is 196 g/mol. The summed E-state index contributed by atoms with van der Waals surface area (Å²) in [5.74, 6) is 0. The molecule has 0 aliphatic carbocycles. The van der Waals surface area contributed by atoms with Crippen LogP contribution in [0.15, 0.2) is 12.1 Å². The molecule has 1 heterocycles. The first kappa shape index (κ1) is 10.5. The average Bonchev–Trinajstić information content (AvgIpc) is 2.52. The Morgan fingerprint density at radius 3 is 2.46 bits per heavy atom. The van der Waals surface area contributed by atoms with Crippen molar-refractivity contribution in [2.24, 2.45) is 5.41 Å². The van der Waals surface area contributed by atoms with Gasteiger partial charge < -0.3 is 4.79 Å². The highest BCUT2D eigenvalue weighted by atomic mass is 32.1. The van der Waals surface area contributed by atoms with Gasteiger partial charge in [-0.2, -0.15) is 0 Å². The molecule has 0 saturated carbocycles. The zero-order valence-electron chi connectivity index (χ0n) is 8.46. The third-order valence-electron chi connectivity index (χ3n) is 2.01. The van der Waals surface area contributed by atoms with E-state index in [9.17, 15) is 4.79 Å². The summed E-state index contributed by atoms with van der Waals surface area (Å²) in [7, 11) is 0. The van der Waals surface area contributed by atoms with Crippen LogP contribution in [0.1, 0.15) is 30.5 Å². The van der Waals surface area contributed by atoms with Crippen molar-refractivity contribution in [3.05, 3.63) is 21.9 Å². The van der Waals surface area contributed by atoms with Gasteiger partial charge in [0.1, 0.15) is 6.29 Å². The summed E-state index contributed by atoms with van der Waals surface area (Å²) in [6.45, 7) is 6.11. The van der Waals surface area contributed by atoms with Crippen LogP contribution in [0.5, 0.6) is 0 Å². The molecule has 1 nitrogen and oxygen atoms in total. The van der Waals surface area contributed by atoms with Crippen LogP contribution < -0.4 is 0 Å². The molecule has 0 radical (unpaired) electrons. The van der Waals surface area contributed by atoms with Gasteiger partial charge in [0.25, 0.3) is 0 Å². The van der Waals surface area contributed by atoms with Gasteiger partial charge in [-0.25, -0.2) is 0 Å². The number of hydrogen-bond donors (Lipinski definition) is 0. The highest BCUT2D eigenvalue weighted by molar-refractivity contribution is 7.12. The maximum absolute atomic E-state index is 10.7. The summed E-state index contributed by atoms with van der Waals surface area (Å²) in [5, 5.41) is 0. The van der Waals surface area contributed by atoms with Crippen molar-refractivity contribution in [1.82, 2.24) is 0 Å². The van der Waals surface area contributed by atoms with Crippen molar-refractivity contribution in [1.29, 1.82) is 0 Å². The fraction of sp³-hybridized carbons (Fsp3) is 0.545. The monoisotopic (exact) mass is 196 g/mol. The number of rotatable bonds is 4. The minimum atomic E-state index is -0.212. The highest BCUT2D eigenvalue weighted by Crippen LogP contribution is 2.25. The Balaban J connectivity index is 2.69. The third-order valence-corrected chi connectivity index (χ3v) is 3.24. The van der Waals surface area contributed by atoms with Crippen molar-refractivity contribution in [3.8, 4) is 0 Å². The minimum absolute atomic E-state index is 0.212. The van der Waals surface area contributed by atoms with Crippen molar-refractivity contribution in [3.63, 3.8) is 0 Å². The molecular formula is C11H16OS. The van der Waals surface area contributed by atoms with Crippen LogP contribution in [0.2, 0.25) is 0 Å². The van der Waals surface area contributed by atoms with E-state index in [1.54, 1.807) is 0 Å². The van der Waals surface area contributed by atoms with Gasteiger partial charge in [0.2, 0.25) is 0 Å². The van der Waals surface area contributed by atoms with Gasteiger partial charge in [-0.05, 0) is 25.0 Å². The summed E-state index contributed by atoms with van der Waals surface area (Å²) in [6.07, 6.45) is 2.99. The Labute approximate surface area is 83.8 Å². The van der Waals surface area contributed by atoms with E-state index in [4.69, 9.17) is 0 Å². The van der Waals surface area contributed by atoms with Crippen molar-refractivity contribution < 1.29 is 4.79 Å². The molecule has 2 heteroatoms. The molecule has 0 N–H and O–H groups in total. The number of aryl methyl sites for hydroxylation is 1. The van der Waals surface area contributed by atoms with E-state index in [0.717, 1.165) is 19.1 Å². The second-order valence-electron chi connectivity index (χ2n) is 4.00. The Morgan fingerprint density at radius 1 is 1.38 bits per heavy atom. The van der Waals surface area contributed by atoms with Crippen LogP contribution in [0, 0.1) is 5.41 Å². The number of hydrogen-bond acceptors (Lipinski definition) is 2. The summed E-state index contributed by atoms with van der Waals surface area (Å²) >= 11 is 1.82. The predicted octanol–water partition coefficient (Wildman–Crippen LogP) is 3.08. The first-order chi connectivity index (χ1) is 6.07. The number of thiophene rings is 1. The van der Waals surface area contributed by atoms with E-state index in [1.807, 2.05) is 25.2 Å². The Morgan fingerprint density at radius 2 is 2.00 bits per heavy atom. The molecule has 0 aliphatic heterocycles. The SMILES string of the molecule is CCc1ccc(CC(C)(C)C=O)s1. The predicted molar refractivity (Wildman–Crippen MR) is 57.2 cm³/mol. The first-order valence-electron chi connectivity index (χ1n) is 4.61. The second kappa shape index (κ2) is 4.05. The van der Waals surface area contributed by atoms with Gasteiger partial charge in [0, 0.05) is 15.2 Å². The maximum atomic E-state index is 10.7. The molecule has 72 valence electrons. The van der Waals surface area contributed by atoms with E-state index in [1.165, 1.54) is 9.75 Å².